The van der Waals surface area contributed by atoms with E-state index in [1.165, 1.54) is 11.3 Å². The maximum absolute atomic E-state index is 12.2. The number of rotatable bonds is 2. The first kappa shape index (κ1) is 13.1. The number of aryl methyl sites for hydroxylation is 1. The predicted octanol–water partition coefficient (Wildman–Crippen LogP) is 5.36. The lowest BCUT2D eigenvalue weighted by Gasteiger charge is -2.01. The van der Waals surface area contributed by atoms with Crippen LogP contribution in [0.3, 0.4) is 0 Å². The highest BCUT2D eigenvalue weighted by Gasteiger charge is 2.16. The van der Waals surface area contributed by atoms with Gasteiger partial charge in [0.1, 0.15) is 0 Å². The molecule has 2 aromatic rings. The molecule has 0 aliphatic rings. The van der Waals surface area contributed by atoms with Crippen molar-refractivity contribution in [2.45, 2.75) is 6.92 Å². The minimum Gasteiger partial charge on any atom is -0.288 e. The molecule has 0 amide bonds. The van der Waals surface area contributed by atoms with Crippen LogP contribution in [0.2, 0.25) is 10.0 Å². The van der Waals surface area contributed by atoms with E-state index in [0.717, 1.165) is 9.35 Å². The van der Waals surface area contributed by atoms with Gasteiger partial charge in [-0.05, 0) is 52.7 Å². The normalized spacial score (nSPS) is 10.6. The molecule has 2 rings (SSSR count). The molecular weight excluding hydrogens is 343 g/mol. The first-order valence-corrected chi connectivity index (χ1v) is 7.11. The molecule has 17 heavy (non-hydrogen) atoms. The van der Waals surface area contributed by atoms with Crippen molar-refractivity contribution in [1.82, 2.24) is 0 Å². The molecule has 1 aromatic carbocycles. The van der Waals surface area contributed by atoms with Crippen molar-refractivity contribution in [3.05, 3.63) is 54.1 Å². The SMILES string of the molecule is Cc1cc(C(=O)c2ccc(Cl)cc2Cl)sc1Br. The third-order valence-electron chi connectivity index (χ3n) is 2.26. The number of halogens is 3. The molecule has 0 fully saturated rings. The Balaban J connectivity index is 2.43. The van der Waals surface area contributed by atoms with Crippen LogP contribution in [-0.4, -0.2) is 5.78 Å². The van der Waals surface area contributed by atoms with Crippen molar-refractivity contribution < 1.29 is 4.79 Å². The first-order chi connectivity index (χ1) is 7.99. The van der Waals surface area contributed by atoms with E-state index in [9.17, 15) is 4.79 Å². The molecule has 1 aromatic heterocycles. The summed E-state index contributed by atoms with van der Waals surface area (Å²) in [6.07, 6.45) is 0. The van der Waals surface area contributed by atoms with Gasteiger partial charge in [-0.15, -0.1) is 11.3 Å². The molecule has 0 aliphatic heterocycles. The number of benzene rings is 1. The summed E-state index contributed by atoms with van der Waals surface area (Å²) in [5.74, 6) is -0.0783. The molecule has 1 nitrogen and oxygen atoms in total. The molecule has 0 atom stereocenters. The third-order valence-corrected chi connectivity index (χ3v) is 4.94. The second-order valence-corrected chi connectivity index (χ2v) is 6.73. The van der Waals surface area contributed by atoms with E-state index < -0.39 is 0 Å². The van der Waals surface area contributed by atoms with Gasteiger partial charge in [0.25, 0.3) is 0 Å². The summed E-state index contributed by atoms with van der Waals surface area (Å²) >= 11 is 16.6. The summed E-state index contributed by atoms with van der Waals surface area (Å²) < 4.78 is 0.964. The zero-order chi connectivity index (χ0) is 12.6. The second kappa shape index (κ2) is 5.11. The zero-order valence-electron chi connectivity index (χ0n) is 8.76. The molecule has 88 valence electrons. The molecule has 0 saturated carbocycles. The van der Waals surface area contributed by atoms with Gasteiger partial charge in [-0.3, -0.25) is 4.79 Å². The van der Waals surface area contributed by atoms with E-state index in [1.807, 2.05) is 13.0 Å². The highest BCUT2D eigenvalue weighted by atomic mass is 79.9. The van der Waals surface area contributed by atoms with E-state index in [-0.39, 0.29) is 5.78 Å². The molecule has 0 bridgehead atoms. The molecule has 0 saturated heterocycles. The van der Waals surface area contributed by atoms with E-state index >= 15 is 0 Å². The lowest BCUT2D eigenvalue weighted by molar-refractivity contribution is 0.104. The number of thiophene rings is 1. The fourth-order valence-electron chi connectivity index (χ4n) is 1.38. The average Bonchev–Trinajstić information content (AvgIpc) is 2.58. The maximum Gasteiger partial charge on any atom is 0.204 e. The molecule has 1 heterocycles. The Morgan fingerprint density at radius 3 is 2.53 bits per heavy atom. The third kappa shape index (κ3) is 2.74. The zero-order valence-corrected chi connectivity index (χ0v) is 12.7. The maximum atomic E-state index is 12.2. The van der Waals surface area contributed by atoms with E-state index in [4.69, 9.17) is 23.2 Å². The summed E-state index contributed by atoms with van der Waals surface area (Å²) in [5.41, 5.74) is 1.52. The highest BCUT2D eigenvalue weighted by Crippen LogP contribution is 2.31. The number of carbonyl (C=O) groups excluding carboxylic acids is 1. The van der Waals surface area contributed by atoms with Crippen molar-refractivity contribution in [3.8, 4) is 0 Å². The topological polar surface area (TPSA) is 17.1 Å². The second-order valence-electron chi connectivity index (χ2n) is 3.52. The minimum atomic E-state index is -0.0783. The summed E-state index contributed by atoms with van der Waals surface area (Å²) in [6, 6.07) is 6.74. The first-order valence-electron chi connectivity index (χ1n) is 4.74. The predicted molar refractivity (Wildman–Crippen MR) is 76.7 cm³/mol. The Morgan fingerprint density at radius 2 is 2.00 bits per heavy atom. The van der Waals surface area contributed by atoms with E-state index in [0.29, 0.717) is 20.5 Å². The van der Waals surface area contributed by atoms with Crippen LogP contribution < -0.4 is 0 Å². The summed E-state index contributed by atoms with van der Waals surface area (Å²) in [4.78, 5) is 12.9. The molecule has 0 spiro atoms. The quantitative estimate of drug-likeness (QED) is 0.667. The van der Waals surface area contributed by atoms with Gasteiger partial charge in [-0.1, -0.05) is 23.2 Å². The molecular formula is C12H7BrCl2OS. The Hall–Kier alpha value is -0.350. The van der Waals surface area contributed by atoms with Crippen LogP contribution in [0, 0.1) is 6.92 Å². The smallest absolute Gasteiger partial charge is 0.204 e. The fraction of sp³-hybridized carbons (Fsp3) is 0.0833. The van der Waals surface area contributed by atoms with Crippen molar-refractivity contribution in [3.63, 3.8) is 0 Å². The molecule has 0 unspecified atom stereocenters. The van der Waals surface area contributed by atoms with Crippen LogP contribution in [0.5, 0.6) is 0 Å². The van der Waals surface area contributed by atoms with E-state index in [1.54, 1.807) is 18.2 Å². The van der Waals surface area contributed by atoms with Crippen LogP contribution in [0.1, 0.15) is 20.8 Å². The van der Waals surface area contributed by atoms with Crippen LogP contribution in [-0.2, 0) is 0 Å². The fourth-order valence-corrected chi connectivity index (χ4v) is 3.36. The minimum absolute atomic E-state index is 0.0783. The highest BCUT2D eigenvalue weighted by molar-refractivity contribution is 9.11. The standard InChI is InChI=1S/C12H7BrCl2OS/c1-6-4-10(17-12(6)13)11(16)8-3-2-7(14)5-9(8)15/h2-5H,1H3. The van der Waals surface area contributed by atoms with Gasteiger partial charge in [0, 0.05) is 10.6 Å². The van der Waals surface area contributed by atoms with Gasteiger partial charge >= 0.3 is 0 Å². The monoisotopic (exact) mass is 348 g/mol. The van der Waals surface area contributed by atoms with Crippen LogP contribution >= 0.6 is 50.5 Å². The van der Waals surface area contributed by atoms with Crippen molar-refractivity contribution in [2.75, 3.05) is 0 Å². The average molecular weight is 350 g/mol. The summed E-state index contributed by atoms with van der Waals surface area (Å²) in [5, 5.41) is 0.903. The van der Waals surface area contributed by atoms with Gasteiger partial charge in [-0.2, -0.15) is 0 Å². The lowest BCUT2D eigenvalue weighted by atomic mass is 10.1. The number of ketones is 1. The number of hydrogen-bond acceptors (Lipinski definition) is 2. The molecule has 5 heteroatoms. The Labute approximate surface area is 121 Å². The summed E-state index contributed by atoms with van der Waals surface area (Å²) in [7, 11) is 0. The van der Waals surface area contributed by atoms with Gasteiger partial charge in [-0.25, -0.2) is 0 Å². The van der Waals surface area contributed by atoms with Gasteiger partial charge in [0.2, 0.25) is 5.78 Å². The number of hydrogen-bond donors (Lipinski definition) is 0. The van der Waals surface area contributed by atoms with E-state index in [2.05, 4.69) is 15.9 Å². The molecule has 0 radical (unpaired) electrons. The number of carbonyl (C=O) groups is 1. The van der Waals surface area contributed by atoms with Crippen LogP contribution in [0.15, 0.2) is 28.1 Å². The van der Waals surface area contributed by atoms with Gasteiger partial charge < -0.3 is 0 Å². The van der Waals surface area contributed by atoms with Crippen molar-refractivity contribution in [1.29, 1.82) is 0 Å². The van der Waals surface area contributed by atoms with Crippen LogP contribution in [0.4, 0.5) is 0 Å². The van der Waals surface area contributed by atoms with Crippen molar-refractivity contribution in [2.24, 2.45) is 0 Å². The molecule has 0 N–H and O–H groups in total. The molecule has 0 aliphatic carbocycles. The lowest BCUT2D eigenvalue weighted by Crippen LogP contribution is -1.99. The van der Waals surface area contributed by atoms with Gasteiger partial charge in [0.15, 0.2) is 0 Å². The summed E-state index contributed by atoms with van der Waals surface area (Å²) in [6.45, 7) is 1.95. The largest absolute Gasteiger partial charge is 0.288 e. The Kier molecular flexibility index (Phi) is 3.93. The van der Waals surface area contributed by atoms with Crippen LogP contribution in [0.25, 0.3) is 0 Å². The van der Waals surface area contributed by atoms with Crippen molar-refractivity contribution >= 4 is 56.3 Å². The Bertz CT molecular complexity index is 573. The van der Waals surface area contributed by atoms with Gasteiger partial charge in [0.05, 0.1) is 13.7 Å². The Morgan fingerprint density at radius 1 is 1.29 bits per heavy atom.